The lowest BCUT2D eigenvalue weighted by molar-refractivity contribution is -0.140. The van der Waals surface area contributed by atoms with Crippen molar-refractivity contribution in [3.05, 3.63) is 59.6 Å². The number of hydrogen-bond donors (Lipinski definition) is 1. The summed E-state index contributed by atoms with van der Waals surface area (Å²) in [6.07, 6.45) is 9.59. The number of aryl methyl sites for hydroxylation is 1. The highest BCUT2D eigenvalue weighted by Crippen LogP contribution is 2.37. The molecular weight excluding hydrogens is 562 g/mol. The first kappa shape index (κ1) is 31.3. The van der Waals surface area contributed by atoms with E-state index in [1.54, 1.807) is 17.3 Å². The number of benzene rings is 1. The molecule has 2 atom stereocenters. The number of fused-ring (bicyclic) bond motifs is 1. The van der Waals surface area contributed by atoms with E-state index in [-0.39, 0.29) is 5.90 Å². The second kappa shape index (κ2) is 13.7. The molecule has 1 amide bonds. The smallest absolute Gasteiger partial charge is 0.410 e. The van der Waals surface area contributed by atoms with E-state index < -0.39 is 29.8 Å². The molecule has 0 radical (unpaired) electrons. The van der Waals surface area contributed by atoms with E-state index in [0.29, 0.717) is 55.5 Å². The Morgan fingerprint density at radius 2 is 1.91 bits per heavy atom. The van der Waals surface area contributed by atoms with Gasteiger partial charge in [-0.25, -0.2) is 14.6 Å². The monoisotopic (exact) mass is 605 g/mol. The van der Waals surface area contributed by atoms with Gasteiger partial charge >= 0.3 is 12.1 Å². The van der Waals surface area contributed by atoms with Crippen LogP contribution in [0.15, 0.2) is 52.1 Å². The molecule has 10 heteroatoms. The summed E-state index contributed by atoms with van der Waals surface area (Å²) in [5.41, 5.74) is 1.69. The van der Waals surface area contributed by atoms with Gasteiger partial charge in [-0.1, -0.05) is 44.2 Å². The molecule has 236 valence electrons. The summed E-state index contributed by atoms with van der Waals surface area (Å²) in [4.78, 5) is 35.3. The number of nitrogens with zero attached hydrogens (tertiary/aromatic N) is 3. The van der Waals surface area contributed by atoms with Crippen LogP contribution in [-0.4, -0.2) is 63.8 Å². The molecule has 10 nitrogen and oxygen atoms in total. The van der Waals surface area contributed by atoms with Crippen LogP contribution in [0.1, 0.15) is 82.6 Å². The van der Waals surface area contributed by atoms with Crippen molar-refractivity contribution < 1.29 is 33.3 Å². The van der Waals surface area contributed by atoms with Crippen molar-refractivity contribution in [3.8, 4) is 5.75 Å². The van der Waals surface area contributed by atoms with E-state index in [2.05, 4.69) is 9.98 Å². The molecule has 2 aliphatic rings. The highest BCUT2D eigenvalue weighted by molar-refractivity contribution is 6.02. The Balaban J connectivity index is 1.26. The molecule has 44 heavy (non-hydrogen) atoms. The van der Waals surface area contributed by atoms with Crippen LogP contribution in [0.25, 0.3) is 11.0 Å². The number of pyridine rings is 1. The first-order valence-corrected chi connectivity index (χ1v) is 15.6. The van der Waals surface area contributed by atoms with Gasteiger partial charge in [0.05, 0.1) is 18.5 Å². The minimum Gasteiger partial charge on any atom is -0.493 e. The fourth-order valence-corrected chi connectivity index (χ4v) is 6.00. The van der Waals surface area contributed by atoms with E-state index in [9.17, 15) is 14.7 Å². The third-order valence-electron chi connectivity index (χ3n) is 8.10. The van der Waals surface area contributed by atoms with E-state index in [0.717, 1.165) is 29.4 Å². The molecule has 1 N–H and O–H groups in total. The lowest BCUT2D eigenvalue weighted by Crippen LogP contribution is -2.37. The van der Waals surface area contributed by atoms with Crippen molar-refractivity contribution in [1.29, 1.82) is 0 Å². The number of rotatable bonds is 11. The largest absolute Gasteiger partial charge is 0.493 e. The average molecular weight is 606 g/mol. The van der Waals surface area contributed by atoms with Crippen LogP contribution >= 0.6 is 0 Å². The number of ether oxygens (including phenoxy) is 3. The van der Waals surface area contributed by atoms with Crippen LogP contribution in [0.5, 0.6) is 5.75 Å². The highest BCUT2D eigenvalue weighted by atomic mass is 16.6. The highest BCUT2D eigenvalue weighted by Gasteiger charge is 2.40. The van der Waals surface area contributed by atoms with Crippen LogP contribution in [0.3, 0.4) is 0 Å². The number of carbonyl (C=O) groups is 2. The van der Waals surface area contributed by atoms with Gasteiger partial charge in [0.2, 0.25) is 0 Å². The molecule has 1 saturated carbocycles. The number of amides is 1. The predicted octanol–water partition coefficient (Wildman–Crippen LogP) is 6.91. The van der Waals surface area contributed by atoms with E-state index >= 15 is 0 Å². The van der Waals surface area contributed by atoms with E-state index in [1.807, 2.05) is 58.0 Å². The molecule has 1 aliphatic carbocycles. The van der Waals surface area contributed by atoms with Crippen molar-refractivity contribution in [1.82, 2.24) is 9.88 Å². The average Bonchev–Trinajstić information content (AvgIpc) is 3.56. The summed E-state index contributed by atoms with van der Waals surface area (Å²) in [5.74, 6) is 0.778. The molecule has 1 aromatic carbocycles. The number of carboxylic acids is 1. The SMILES string of the molecule is Cc1c(C2=NC(C(=O)O)C(CC3CCCCC3)O2)oc2cccc(OCCCN(Cc3cccnc3)C(=O)OC(C)(C)C)c12. The Kier molecular flexibility index (Phi) is 9.76. The predicted molar refractivity (Wildman–Crippen MR) is 166 cm³/mol. The minimum absolute atomic E-state index is 0.237. The van der Waals surface area contributed by atoms with Crippen LogP contribution in [0.2, 0.25) is 0 Å². The summed E-state index contributed by atoms with van der Waals surface area (Å²) in [6, 6.07) is 8.39. The first-order chi connectivity index (χ1) is 21.1. The molecule has 3 aromatic rings. The number of hydrogen-bond acceptors (Lipinski definition) is 8. The number of aliphatic imine (C=N–C) groups is 1. The number of carboxylic acid groups (broad SMARTS) is 1. The zero-order valence-electron chi connectivity index (χ0n) is 26.1. The van der Waals surface area contributed by atoms with Gasteiger partial charge in [0.15, 0.2) is 11.8 Å². The van der Waals surface area contributed by atoms with Crippen molar-refractivity contribution >= 4 is 28.9 Å². The fourth-order valence-electron chi connectivity index (χ4n) is 6.00. The van der Waals surface area contributed by atoms with Crippen LogP contribution in [0, 0.1) is 12.8 Å². The molecule has 2 aromatic heterocycles. The molecule has 2 unspecified atom stereocenters. The molecule has 5 rings (SSSR count). The molecule has 1 fully saturated rings. The number of furan rings is 1. The fraction of sp³-hybridized carbons (Fsp3) is 0.529. The van der Waals surface area contributed by atoms with Gasteiger partial charge in [0.25, 0.3) is 5.90 Å². The molecule has 0 saturated heterocycles. The van der Waals surface area contributed by atoms with Crippen LogP contribution in [0.4, 0.5) is 4.79 Å². The third kappa shape index (κ3) is 7.70. The Labute approximate surface area is 258 Å². The Hall–Kier alpha value is -4.08. The van der Waals surface area contributed by atoms with E-state index in [1.165, 1.54) is 19.3 Å². The lowest BCUT2D eigenvalue weighted by Gasteiger charge is -2.27. The summed E-state index contributed by atoms with van der Waals surface area (Å²) in [6.45, 7) is 8.61. The van der Waals surface area contributed by atoms with E-state index in [4.69, 9.17) is 18.6 Å². The number of carbonyl (C=O) groups excluding carboxylic acids is 1. The molecule has 0 spiro atoms. The lowest BCUT2D eigenvalue weighted by atomic mass is 9.84. The third-order valence-corrected chi connectivity index (χ3v) is 8.10. The maximum Gasteiger partial charge on any atom is 0.410 e. The normalized spacial score (nSPS) is 19.0. The summed E-state index contributed by atoms with van der Waals surface area (Å²) >= 11 is 0. The summed E-state index contributed by atoms with van der Waals surface area (Å²) in [7, 11) is 0. The Morgan fingerprint density at radius 1 is 1.11 bits per heavy atom. The van der Waals surface area contributed by atoms with Crippen molar-refractivity contribution in [2.45, 2.75) is 96.9 Å². The molecule has 1 aliphatic heterocycles. The molecule has 3 heterocycles. The van der Waals surface area contributed by atoms with Gasteiger partial charge in [-0.3, -0.25) is 4.98 Å². The van der Waals surface area contributed by atoms with Gasteiger partial charge in [0, 0.05) is 24.5 Å². The summed E-state index contributed by atoms with van der Waals surface area (Å²) < 4.78 is 24.2. The van der Waals surface area contributed by atoms with Gasteiger partial charge in [-0.2, -0.15) is 0 Å². The van der Waals surface area contributed by atoms with Gasteiger partial charge in [0.1, 0.15) is 23.0 Å². The van der Waals surface area contributed by atoms with Crippen molar-refractivity contribution in [2.24, 2.45) is 10.9 Å². The van der Waals surface area contributed by atoms with Crippen LogP contribution in [-0.2, 0) is 20.8 Å². The quantitative estimate of drug-likeness (QED) is 0.234. The van der Waals surface area contributed by atoms with Gasteiger partial charge in [-0.05, 0) is 70.2 Å². The summed E-state index contributed by atoms with van der Waals surface area (Å²) in [5, 5.41) is 10.7. The molecule has 0 bridgehead atoms. The van der Waals surface area contributed by atoms with Gasteiger partial charge < -0.3 is 28.6 Å². The zero-order valence-corrected chi connectivity index (χ0v) is 26.1. The Bertz CT molecular complexity index is 1470. The second-order valence-electron chi connectivity index (χ2n) is 12.8. The Morgan fingerprint density at radius 3 is 2.61 bits per heavy atom. The van der Waals surface area contributed by atoms with Gasteiger partial charge in [-0.15, -0.1) is 0 Å². The van der Waals surface area contributed by atoms with Crippen LogP contribution < -0.4 is 4.74 Å². The van der Waals surface area contributed by atoms with Crippen molar-refractivity contribution in [2.75, 3.05) is 13.2 Å². The minimum atomic E-state index is -0.984. The molecular formula is C34H43N3O7. The number of aliphatic carboxylic acids is 1. The van der Waals surface area contributed by atoms with Crippen molar-refractivity contribution in [3.63, 3.8) is 0 Å². The topological polar surface area (TPSA) is 124 Å². The first-order valence-electron chi connectivity index (χ1n) is 15.6. The second-order valence-corrected chi connectivity index (χ2v) is 12.8. The zero-order chi connectivity index (χ0) is 31.3. The maximum atomic E-state index is 12.9. The number of aromatic nitrogens is 1. The standard InChI is InChI=1S/C34H43N3O7/c1-22-28-25(41-18-10-17-37(33(40)44-34(2,3)4)21-24-13-9-16-35-20-24)14-8-15-26(28)42-30(22)31-36-29(32(38)39)27(43-31)19-23-11-6-5-7-12-23/h8-9,13-16,20,23,27,29H,5-7,10-12,17-19,21H2,1-4H3,(H,38,39). The maximum absolute atomic E-state index is 12.9.